The topological polar surface area (TPSA) is 191 Å². The average Bonchev–Trinajstić information content (AvgIpc) is 2.74. The van der Waals surface area contributed by atoms with Crippen molar-refractivity contribution in [2.45, 2.75) is 57.5 Å². The van der Waals surface area contributed by atoms with Crippen LogP contribution in [-0.2, 0) is 25.6 Å². The molecule has 1 rings (SSSR count). The summed E-state index contributed by atoms with van der Waals surface area (Å²) in [5.74, 6) is -4.08. The first kappa shape index (κ1) is 27.0. The second-order valence-electron chi connectivity index (χ2n) is 7.84. The molecular weight excluding hydrogens is 420 g/mol. The van der Waals surface area contributed by atoms with E-state index in [1.807, 2.05) is 0 Å². The first-order valence-electron chi connectivity index (χ1n) is 10.2. The highest BCUT2D eigenvalue weighted by Gasteiger charge is 2.33. The number of amides is 3. The lowest BCUT2D eigenvalue weighted by molar-refractivity contribution is -0.143. The molecule has 3 amide bonds. The number of rotatable bonds is 12. The molecule has 0 spiro atoms. The molecule has 5 atom stereocenters. The van der Waals surface area contributed by atoms with Crippen molar-refractivity contribution in [3.8, 4) is 0 Å². The Balaban J connectivity index is 3.09. The van der Waals surface area contributed by atoms with Gasteiger partial charge in [-0.05, 0) is 18.4 Å². The van der Waals surface area contributed by atoms with E-state index in [4.69, 9.17) is 10.8 Å². The molecule has 178 valence electrons. The fourth-order valence-electron chi connectivity index (χ4n) is 2.84. The van der Waals surface area contributed by atoms with Crippen LogP contribution in [0.25, 0.3) is 0 Å². The van der Waals surface area contributed by atoms with Crippen LogP contribution in [0.15, 0.2) is 30.3 Å². The Labute approximate surface area is 186 Å². The van der Waals surface area contributed by atoms with Gasteiger partial charge in [0.05, 0.1) is 12.7 Å². The normalized spacial score (nSPS) is 15.7. The van der Waals surface area contributed by atoms with Crippen molar-refractivity contribution < 1.29 is 34.5 Å². The van der Waals surface area contributed by atoms with E-state index >= 15 is 0 Å². The van der Waals surface area contributed by atoms with Crippen molar-refractivity contribution in [1.82, 2.24) is 16.0 Å². The predicted molar refractivity (Wildman–Crippen MR) is 115 cm³/mol. The summed E-state index contributed by atoms with van der Waals surface area (Å²) in [5.41, 5.74) is 6.13. The van der Waals surface area contributed by atoms with Gasteiger partial charge in [0.2, 0.25) is 17.7 Å². The molecule has 0 bridgehead atoms. The van der Waals surface area contributed by atoms with Crippen molar-refractivity contribution in [3.05, 3.63) is 35.9 Å². The minimum absolute atomic E-state index is 0.0411. The molecule has 11 heteroatoms. The van der Waals surface area contributed by atoms with Crippen molar-refractivity contribution in [2.75, 3.05) is 6.61 Å². The van der Waals surface area contributed by atoms with Crippen molar-refractivity contribution >= 4 is 23.7 Å². The molecule has 1 aromatic rings. The number of aliphatic hydroxyl groups excluding tert-OH is 2. The zero-order valence-electron chi connectivity index (χ0n) is 18.3. The van der Waals surface area contributed by atoms with E-state index < -0.39 is 66.5 Å². The fraction of sp³-hybridized carbons (Fsp3) is 0.524. The molecule has 32 heavy (non-hydrogen) atoms. The van der Waals surface area contributed by atoms with Gasteiger partial charge in [0.15, 0.2) is 0 Å². The van der Waals surface area contributed by atoms with Gasteiger partial charge >= 0.3 is 5.97 Å². The van der Waals surface area contributed by atoms with Gasteiger partial charge in [-0.15, -0.1) is 0 Å². The molecule has 0 aliphatic rings. The molecule has 8 N–H and O–H groups in total. The SMILES string of the molecule is CC(C)C(NC(=O)C(Cc1ccccc1)NC(=O)C(NC(=O)C(N)CO)C(C)O)C(=O)O. The van der Waals surface area contributed by atoms with Crippen LogP contribution in [0.5, 0.6) is 0 Å². The minimum atomic E-state index is -1.45. The maximum absolute atomic E-state index is 12.9. The monoisotopic (exact) mass is 452 g/mol. The van der Waals surface area contributed by atoms with Gasteiger partial charge in [-0.25, -0.2) is 4.79 Å². The van der Waals surface area contributed by atoms with Crippen LogP contribution in [0, 0.1) is 5.92 Å². The van der Waals surface area contributed by atoms with E-state index in [9.17, 15) is 29.4 Å². The van der Waals surface area contributed by atoms with Crippen LogP contribution in [0.4, 0.5) is 0 Å². The van der Waals surface area contributed by atoms with E-state index in [1.165, 1.54) is 6.92 Å². The highest BCUT2D eigenvalue weighted by atomic mass is 16.4. The Hall–Kier alpha value is -3.02. The Kier molecular flexibility index (Phi) is 10.8. The minimum Gasteiger partial charge on any atom is -0.480 e. The Bertz CT molecular complexity index is 786. The van der Waals surface area contributed by atoms with Crippen molar-refractivity contribution in [3.63, 3.8) is 0 Å². The summed E-state index contributed by atoms with van der Waals surface area (Å²) in [5, 5.41) is 35.5. The zero-order chi connectivity index (χ0) is 24.4. The van der Waals surface area contributed by atoms with Gasteiger partial charge in [0.25, 0.3) is 0 Å². The maximum Gasteiger partial charge on any atom is 0.326 e. The molecule has 0 aliphatic carbocycles. The van der Waals surface area contributed by atoms with Gasteiger partial charge in [0.1, 0.15) is 24.2 Å². The van der Waals surface area contributed by atoms with Gasteiger partial charge in [0, 0.05) is 6.42 Å². The number of nitrogens with two attached hydrogens (primary N) is 1. The number of nitrogens with one attached hydrogen (secondary N) is 3. The number of aliphatic hydroxyl groups is 2. The number of carbonyl (C=O) groups excluding carboxylic acids is 3. The lowest BCUT2D eigenvalue weighted by Gasteiger charge is -2.27. The van der Waals surface area contributed by atoms with Crippen LogP contribution in [-0.4, -0.2) is 75.9 Å². The molecule has 0 radical (unpaired) electrons. The molecule has 0 aromatic heterocycles. The third-order valence-electron chi connectivity index (χ3n) is 4.74. The van der Waals surface area contributed by atoms with E-state index in [0.717, 1.165) is 0 Å². The first-order chi connectivity index (χ1) is 15.0. The Morgan fingerprint density at radius 1 is 0.906 bits per heavy atom. The summed E-state index contributed by atoms with van der Waals surface area (Å²) < 4.78 is 0. The van der Waals surface area contributed by atoms with Crippen LogP contribution < -0.4 is 21.7 Å². The Morgan fingerprint density at radius 3 is 1.94 bits per heavy atom. The van der Waals surface area contributed by atoms with Gasteiger partial charge < -0.3 is 37.0 Å². The summed E-state index contributed by atoms with van der Waals surface area (Å²) in [6.45, 7) is 3.87. The standard InChI is InChI=1S/C21H32N4O7/c1-11(2)16(21(31)32)24-19(29)15(9-13-7-5-4-6-8-13)23-20(30)17(12(3)27)25-18(28)14(22)10-26/h4-8,11-12,14-17,26-27H,9-10,22H2,1-3H3,(H,23,30)(H,24,29)(H,25,28)(H,31,32). The molecule has 0 heterocycles. The number of carbonyl (C=O) groups is 4. The quantitative estimate of drug-likeness (QED) is 0.192. The smallest absolute Gasteiger partial charge is 0.326 e. The summed E-state index contributed by atoms with van der Waals surface area (Å²) in [6.07, 6.45) is -1.30. The third-order valence-corrected chi connectivity index (χ3v) is 4.74. The summed E-state index contributed by atoms with van der Waals surface area (Å²) >= 11 is 0. The molecule has 5 unspecified atom stereocenters. The summed E-state index contributed by atoms with van der Waals surface area (Å²) in [7, 11) is 0. The average molecular weight is 453 g/mol. The van der Waals surface area contributed by atoms with E-state index in [1.54, 1.807) is 44.2 Å². The zero-order valence-corrected chi connectivity index (χ0v) is 18.3. The van der Waals surface area contributed by atoms with Gasteiger partial charge in [-0.1, -0.05) is 44.2 Å². The number of benzene rings is 1. The number of aliphatic carboxylic acids is 1. The lowest BCUT2D eigenvalue weighted by atomic mass is 10.0. The Morgan fingerprint density at radius 2 is 1.47 bits per heavy atom. The second kappa shape index (κ2) is 12.7. The second-order valence-corrected chi connectivity index (χ2v) is 7.84. The van der Waals surface area contributed by atoms with E-state index in [-0.39, 0.29) is 6.42 Å². The van der Waals surface area contributed by atoms with Crippen molar-refractivity contribution in [2.24, 2.45) is 11.7 Å². The number of hydrogen-bond donors (Lipinski definition) is 7. The van der Waals surface area contributed by atoms with Gasteiger partial charge in [-0.2, -0.15) is 0 Å². The highest BCUT2D eigenvalue weighted by Crippen LogP contribution is 2.07. The van der Waals surface area contributed by atoms with Crippen LogP contribution in [0.3, 0.4) is 0 Å². The number of carboxylic acids is 1. The van der Waals surface area contributed by atoms with Crippen molar-refractivity contribution in [1.29, 1.82) is 0 Å². The summed E-state index contributed by atoms with van der Waals surface area (Å²) in [6, 6.07) is 3.63. The lowest BCUT2D eigenvalue weighted by Crippen LogP contribution is -2.60. The van der Waals surface area contributed by atoms with Crippen LogP contribution in [0.2, 0.25) is 0 Å². The molecule has 1 aromatic carbocycles. The van der Waals surface area contributed by atoms with Crippen LogP contribution in [0.1, 0.15) is 26.3 Å². The maximum atomic E-state index is 12.9. The summed E-state index contributed by atoms with van der Waals surface area (Å²) in [4.78, 5) is 49.1. The van der Waals surface area contributed by atoms with Gasteiger partial charge in [-0.3, -0.25) is 14.4 Å². The molecule has 0 saturated carbocycles. The predicted octanol–water partition coefficient (Wildman–Crippen LogP) is -1.88. The molecule has 0 saturated heterocycles. The fourth-order valence-corrected chi connectivity index (χ4v) is 2.84. The molecule has 11 nitrogen and oxygen atoms in total. The van der Waals surface area contributed by atoms with E-state index in [0.29, 0.717) is 5.56 Å². The molecular formula is C21H32N4O7. The largest absolute Gasteiger partial charge is 0.480 e. The molecule has 0 fully saturated rings. The molecule has 0 aliphatic heterocycles. The van der Waals surface area contributed by atoms with E-state index in [2.05, 4.69) is 16.0 Å². The third kappa shape index (κ3) is 8.25. The number of carboxylic acid groups (broad SMARTS) is 1. The number of hydrogen-bond acceptors (Lipinski definition) is 7. The van der Waals surface area contributed by atoms with Crippen LogP contribution >= 0.6 is 0 Å². The highest BCUT2D eigenvalue weighted by molar-refractivity contribution is 5.94. The first-order valence-corrected chi connectivity index (χ1v) is 10.2.